The quantitative estimate of drug-likeness (QED) is 0.560. The van der Waals surface area contributed by atoms with Crippen molar-refractivity contribution in [2.45, 2.75) is 13.5 Å². The Bertz CT molecular complexity index is 1130. The summed E-state index contributed by atoms with van der Waals surface area (Å²) in [5, 5.41) is 8.54. The number of likely N-dealkylation sites (N-methyl/N-ethyl adjacent to an activating group) is 1. The molecule has 0 aliphatic carbocycles. The van der Waals surface area contributed by atoms with Crippen LogP contribution >= 0.6 is 11.3 Å². The van der Waals surface area contributed by atoms with E-state index in [0.29, 0.717) is 5.82 Å². The van der Waals surface area contributed by atoms with Gasteiger partial charge in [-0.1, -0.05) is 30.3 Å². The number of aromatic nitrogens is 4. The molecular weight excluding hydrogens is 372 g/mol. The van der Waals surface area contributed by atoms with Crippen LogP contribution in [0.4, 0.5) is 11.5 Å². The van der Waals surface area contributed by atoms with E-state index in [0.717, 1.165) is 32.2 Å². The number of carbonyl (C=O) groups excluding carboxylic acids is 1. The second-order valence-electron chi connectivity index (χ2n) is 6.65. The van der Waals surface area contributed by atoms with E-state index in [2.05, 4.69) is 38.6 Å². The zero-order valence-corrected chi connectivity index (χ0v) is 16.7. The van der Waals surface area contributed by atoms with Gasteiger partial charge in [0.25, 0.3) is 0 Å². The Hall–Kier alpha value is -3.26. The van der Waals surface area contributed by atoms with Gasteiger partial charge in [-0.05, 0) is 18.6 Å². The van der Waals surface area contributed by atoms with Gasteiger partial charge in [-0.25, -0.2) is 9.97 Å². The third-order valence-corrected chi connectivity index (χ3v) is 5.33. The molecular formula is C20H20N6OS. The van der Waals surface area contributed by atoms with Gasteiger partial charge in [0.1, 0.15) is 23.0 Å². The van der Waals surface area contributed by atoms with Crippen molar-refractivity contribution in [2.24, 2.45) is 0 Å². The Morgan fingerprint density at radius 2 is 2.00 bits per heavy atom. The van der Waals surface area contributed by atoms with Gasteiger partial charge < -0.3 is 10.2 Å². The minimum atomic E-state index is -0.0136. The number of amides is 1. The summed E-state index contributed by atoms with van der Waals surface area (Å²) >= 11 is 1.64. The Kier molecular flexibility index (Phi) is 4.79. The summed E-state index contributed by atoms with van der Waals surface area (Å²) in [6.45, 7) is 2.08. The third kappa shape index (κ3) is 3.72. The molecule has 142 valence electrons. The monoisotopic (exact) mass is 392 g/mol. The summed E-state index contributed by atoms with van der Waals surface area (Å²) in [5.41, 5.74) is 1.93. The molecule has 4 aromatic rings. The van der Waals surface area contributed by atoms with E-state index in [1.54, 1.807) is 47.4 Å². The van der Waals surface area contributed by atoms with Crippen molar-refractivity contribution in [3.63, 3.8) is 0 Å². The van der Waals surface area contributed by atoms with Crippen LogP contribution in [0.5, 0.6) is 0 Å². The molecule has 1 N–H and O–H groups in total. The Labute approximate surface area is 166 Å². The molecule has 0 bridgehead atoms. The second kappa shape index (κ2) is 7.40. The lowest BCUT2D eigenvalue weighted by atomic mass is 10.2. The first kappa shape index (κ1) is 18.1. The smallest absolute Gasteiger partial charge is 0.243 e. The molecule has 0 unspecified atom stereocenters. The molecule has 0 aliphatic rings. The van der Waals surface area contributed by atoms with Crippen LogP contribution in [0.3, 0.4) is 0 Å². The van der Waals surface area contributed by atoms with E-state index in [1.807, 2.05) is 25.1 Å². The molecule has 3 aromatic heterocycles. The van der Waals surface area contributed by atoms with Crippen LogP contribution in [-0.4, -0.2) is 44.7 Å². The SMILES string of the molecule is Cc1nc(Nc2cnn(CC(=O)N(C)C)c2)c2cc(-c3ccccc3)sc2n1. The van der Waals surface area contributed by atoms with Gasteiger partial charge in [0.05, 0.1) is 17.3 Å². The molecule has 1 amide bonds. The summed E-state index contributed by atoms with van der Waals surface area (Å²) < 4.78 is 1.61. The lowest BCUT2D eigenvalue weighted by Gasteiger charge is -2.09. The van der Waals surface area contributed by atoms with Gasteiger partial charge >= 0.3 is 0 Å². The predicted octanol–water partition coefficient (Wildman–Crippen LogP) is 3.70. The van der Waals surface area contributed by atoms with Crippen LogP contribution in [0.25, 0.3) is 20.7 Å². The number of nitrogens with one attached hydrogen (secondary N) is 1. The van der Waals surface area contributed by atoms with E-state index in [9.17, 15) is 4.79 Å². The summed E-state index contributed by atoms with van der Waals surface area (Å²) in [7, 11) is 3.46. The number of aryl methyl sites for hydroxylation is 1. The van der Waals surface area contributed by atoms with Crippen molar-refractivity contribution in [2.75, 3.05) is 19.4 Å². The molecule has 3 heterocycles. The first-order chi connectivity index (χ1) is 13.5. The van der Waals surface area contributed by atoms with Crippen molar-refractivity contribution >= 4 is 39.0 Å². The summed E-state index contributed by atoms with van der Waals surface area (Å²) in [6, 6.07) is 12.3. The van der Waals surface area contributed by atoms with Crippen molar-refractivity contribution in [3.05, 3.63) is 54.6 Å². The van der Waals surface area contributed by atoms with Crippen molar-refractivity contribution in [1.82, 2.24) is 24.6 Å². The average Bonchev–Trinajstić information content (AvgIpc) is 3.29. The average molecular weight is 392 g/mol. The normalized spacial score (nSPS) is 11.0. The highest BCUT2D eigenvalue weighted by Gasteiger charge is 2.13. The maximum atomic E-state index is 11.9. The largest absolute Gasteiger partial charge is 0.347 e. The van der Waals surface area contributed by atoms with Gasteiger partial charge in [-0.2, -0.15) is 5.10 Å². The number of nitrogens with zero attached hydrogens (tertiary/aromatic N) is 5. The van der Waals surface area contributed by atoms with Crippen LogP contribution in [0.2, 0.25) is 0 Å². The van der Waals surface area contributed by atoms with Crippen molar-refractivity contribution in [3.8, 4) is 10.4 Å². The van der Waals surface area contributed by atoms with Crippen LogP contribution in [0.15, 0.2) is 48.8 Å². The van der Waals surface area contributed by atoms with Crippen LogP contribution < -0.4 is 5.32 Å². The molecule has 0 saturated heterocycles. The van der Waals surface area contributed by atoms with Gasteiger partial charge in [0.2, 0.25) is 5.91 Å². The highest BCUT2D eigenvalue weighted by atomic mass is 32.1. The fourth-order valence-corrected chi connectivity index (χ4v) is 3.88. The van der Waals surface area contributed by atoms with Crippen LogP contribution in [-0.2, 0) is 11.3 Å². The number of fused-ring (bicyclic) bond motifs is 1. The second-order valence-corrected chi connectivity index (χ2v) is 7.69. The van der Waals surface area contributed by atoms with E-state index >= 15 is 0 Å². The molecule has 1 aromatic carbocycles. The zero-order valence-electron chi connectivity index (χ0n) is 15.9. The third-order valence-electron chi connectivity index (χ3n) is 4.25. The minimum Gasteiger partial charge on any atom is -0.347 e. The molecule has 28 heavy (non-hydrogen) atoms. The van der Waals surface area contributed by atoms with E-state index in [-0.39, 0.29) is 12.5 Å². The lowest BCUT2D eigenvalue weighted by molar-refractivity contribution is -0.129. The fourth-order valence-electron chi connectivity index (χ4n) is 2.80. The Morgan fingerprint density at radius 1 is 1.21 bits per heavy atom. The topological polar surface area (TPSA) is 75.9 Å². The number of anilines is 2. The highest BCUT2D eigenvalue weighted by Crippen LogP contribution is 2.36. The fraction of sp³-hybridized carbons (Fsp3) is 0.200. The number of carbonyl (C=O) groups is 1. The van der Waals surface area contributed by atoms with Gasteiger partial charge in [0.15, 0.2) is 0 Å². The minimum absolute atomic E-state index is 0.0136. The standard InChI is InChI=1S/C20H20N6OS/c1-13-22-19(24-15-10-21-26(11-15)12-18(27)25(2)3)16-9-17(28-20(16)23-13)14-7-5-4-6-8-14/h4-11H,12H2,1-3H3,(H,22,23,24). The van der Waals surface area contributed by atoms with Crippen molar-refractivity contribution < 1.29 is 4.79 Å². The Balaban J connectivity index is 1.64. The molecule has 4 rings (SSSR count). The number of rotatable bonds is 5. The first-order valence-corrected chi connectivity index (χ1v) is 9.64. The first-order valence-electron chi connectivity index (χ1n) is 8.83. The van der Waals surface area contributed by atoms with Gasteiger partial charge in [-0.3, -0.25) is 9.48 Å². The van der Waals surface area contributed by atoms with E-state index in [1.165, 1.54) is 0 Å². The molecule has 8 heteroatoms. The van der Waals surface area contributed by atoms with Crippen LogP contribution in [0.1, 0.15) is 5.82 Å². The maximum Gasteiger partial charge on any atom is 0.243 e. The summed E-state index contributed by atoms with van der Waals surface area (Å²) in [6.07, 6.45) is 3.49. The van der Waals surface area contributed by atoms with Gasteiger partial charge in [0, 0.05) is 25.2 Å². The van der Waals surface area contributed by atoms with E-state index in [4.69, 9.17) is 0 Å². The number of thiophene rings is 1. The molecule has 0 spiro atoms. The highest BCUT2D eigenvalue weighted by molar-refractivity contribution is 7.21. The number of benzene rings is 1. The molecule has 0 fully saturated rings. The maximum absolute atomic E-state index is 11.9. The Morgan fingerprint density at radius 3 is 2.75 bits per heavy atom. The van der Waals surface area contributed by atoms with Crippen LogP contribution in [0, 0.1) is 6.92 Å². The zero-order chi connectivity index (χ0) is 19.7. The number of hydrogen-bond acceptors (Lipinski definition) is 6. The lowest BCUT2D eigenvalue weighted by Crippen LogP contribution is -2.26. The number of hydrogen-bond donors (Lipinski definition) is 1. The summed E-state index contributed by atoms with van der Waals surface area (Å²) in [4.78, 5) is 24.6. The molecule has 0 atom stereocenters. The van der Waals surface area contributed by atoms with Crippen molar-refractivity contribution in [1.29, 1.82) is 0 Å². The molecule has 0 aliphatic heterocycles. The molecule has 0 saturated carbocycles. The van der Waals surface area contributed by atoms with E-state index < -0.39 is 0 Å². The predicted molar refractivity (Wildman–Crippen MR) is 112 cm³/mol. The van der Waals surface area contributed by atoms with Gasteiger partial charge in [-0.15, -0.1) is 11.3 Å². The summed E-state index contributed by atoms with van der Waals surface area (Å²) in [5.74, 6) is 1.42. The molecule has 7 nitrogen and oxygen atoms in total. The molecule has 0 radical (unpaired) electrons.